The molecule has 0 radical (unpaired) electrons. The number of methoxy groups -OCH3 is 1. The number of fused-ring (bicyclic) bond motifs is 2. The Kier molecular flexibility index (Phi) is 4.57. The standard InChI is InChI=1S/C23H23F3N2O3/c1-31-16-4-5-17(20(9-16)23(24,25)26)14-7-13-3-2-6-27-10-15-11-28(22(29)30)12-19(15)18(8-14)21(13)27/h4-5,7-9,15,19H,2-3,6,10-12H2,1H3,(H,29,30). The van der Waals surface area contributed by atoms with Crippen LogP contribution in [0.1, 0.15) is 29.0 Å². The second kappa shape index (κ2) is 7.07. The number of anilines is 1. The van der Waals surface area contributed by atoms with Gasteiger partial charge in [-0.3, -0.25) is 0 Å². The Morgan fingerprint density at radius 3 is 2.68 bits per heavy atom. The lowest BCUT2D eigenvalue weighted by molar-refractivity contribution is -0.137. The summed E-state index contributed by atoms with van der Waals surface area (Å²) < 4.78 is 46.6. The van der Waals surface area contributed by atoms with Crippen LogP contribution in [-0.4, -0.2) is 49.4 Å². The summed E-state index contributed by atoms with van der Waals surface area (Å²) in [4.78, 5) is 15.3. The number of halogens is 3. The number of rotatable bonds is 2. The summed E-state index contributed by atoms with van der Waals surface area (Å²) in [5.41, 5.74) is 3.06. The van der Waals surface area contributed by atoms with Crippen LogP contribution in [0.2, 0.25) is 0 Å². The van der Waals surface area contributed by atoms with Crippen molar-refractivity contribution in [1.82, 2.24) is 4.90 Å². The molecule has 164 valence electrons. The molecule has 0 saturated carbocycles. The molecule has 2 aromatic carbocycles. The highest BCUT2D eigenvalue weighted by atomic mass is 19.4. The van der Waals surface area contributed by atoms with Crippen LogP contribution >= 0.6 is 0 Å². The number of amides is 1. The Balaban J connectivity index is 1.67. The van der Waals surface area contributed by atoms with E-state index in [4.69, 9.17) is 4.74 Å². The molecular weight excluding hydrogens is 409 g/mol. The topological polar surface area (TPSA) is 53.0 Å². The molecule has 1 amide bonds. The second-order valence-electron chi connectivity index (χ2n) is 8.59. The third-order valence-electron chi connectivity index (χ3n) is 6.82. The Labute approximate surface area is 178 Å². The van der Waals surface area contributed by atoms with Gasteiger partial charge in [-0.1, -0.05) is 6.07 Å². The smallest absolute Gasteiger partial charge is 0.417 e. The van der Waals surface area contributed by atoms with E-state index in [1.54, 1.807) is 6.07 Å². The van der Waals surface area contributed by atoms with Gasteiger partial charge < -0.3 is 19.6 Å². The Morgan fingerprint density at radius 2 is 1.97 bits per heavy atom. The summed E-state index contributed by atoms with van der Waals surface area (Å²) in [6, 6.07) is 7.79. The second-order valence-corrected chi connectivity index (χ2v) is 8.59. The highest BCUT2D eigenvalue weighted by Crippen LogP contribution is 2.49. The van der Waals surface area contributed by atoms with Crippen molar-refractivity contribution in [2.24, 2.45) is 5.92 Å². The molecule has 2 atom stereocenters. The lowest BCUT2D eigenvalue weighted by atomic mass is 9.78. The molecule has 5 rings (SSSR count). The zero-order valence-electron chi connectivity index (χ0n) is 17.1. The van der Waals surface area contributed by atoms with Crippen molar-refractivity contribution in [3.8, 4) is 16.9 Å². The minimum Gasteiger partial charge on any atom is -0.497 e. The number of carbonyl (C=O) groups is 1. The molecule has 8 heteroatoms. The van der Waals surface area contributed by atoms with Crippen molar-refractivity contribution in [2.45, 2.75) is 24.9 Å². The minimum atomic E-state index is -4.51. The molecule has 5 nitrogen and oxygen atoms in total. The molecule has 2 aromatic rings. The SMILES string of the molecule is COc1ccc(-c2cc3c4c(c2)C2CN(C(=O)O)CC2CN4CCC3)c(C(F)(F)F)c1. The first-order valence-corrected chi connectivity index (χ1v) is 10.4. The molecule has 0 aliphatic carbocycles. The number of aryl methyl sites for hydroxylation is 1. The van der Waals surface area contributed by atoms with Gasteiger partial charge in [0, 0.05) is 43.7 Å². The zero-order chi connectivity index (χ0) is 21.9. The predicted octanol–water partition coefficient (Wildman–Crippen LogP) is 4.84. The summed E-state index contributed by atoms with van der Waals surface area (Å²) >= 11 is 0. The maximum Gasteiger partial charge on any atom is 0.417 e. The van der Waals surface area contributed by atoms with Gasteiger partial charge in [0.25, 0.3) is 0 Å². The highest BCUT2D eigenvalue weighted by Gasteiger charge is 2.43. The third-order valence-corrected chi connectivity index (χ3v) is 6.82. The van der Waals surface area contributed by atoms with Crippen molar-refractivity contribution in [3.63, 3.8) is 0 Å². The quantitative estimate of drug-likeness (QED) is 0.738. The van der Waals surface area contributed by atoms with Crippen LogP contribution in [0.4, 0.5) is 23.7 Å². The lowest BCUT2D eigenvalue weighted by Crippen LogP contribution is -2.41. The van der Waals surface area contributed by atoms with E-state index in [2.05, 4.69) is 4.90 Å². The fourth-order valence-electron chi connectivity index (χ4n) is 5.47. The summed E-state index contributed by atoms with van der Waals surface area (Å²) in [5, 5.41) is 9.48. The first kappa shape index (κ1) is 20.0. The molecule has 1 saturated heterocycles. The summed E-state index contributed by atoms with van der Waals surface area (Å²) in [5.74, 6) is 0.323. The minimum absolute atomic E-state index is 0.00624. The summed E-state index contributed by atoms with van der Waals surface area (Å²) in [6.45, 7) is 2.54. The maximum absolute atomic E-state index is 13.9. The van der Waals surface area contributed by atoms with Gasteiger partial charge in [0.2, 0.25) is 0 Å². The molecule has 0 aromatic heterocycles. The van der Waals surface area contributed by atoms with Gasteiger partial charge in [0.1, 0.15) is 5.75 Å². The van der Waals surface area contributed by atoms with E-state index in [1.807, 2.05) is 12.1 Å². The van der Waals surface area contributed by atoms with Crippen LogP contribution < -0.4 is 9.64 Å². The van der Waals surface area contributed by atoms with Crippen LogP contribution in [0.3, 0.4) is 0 Å². The largest absolute Gasteiger partial charge is 0.497 e. The number of nitrogens with zero attached hydrogens (tertiary/aromatic N) is 2. The van der Waals surface area contributed by atoms with Crippen molar-refractivity contribution in [2.75, 3.05) is 38.2 Å². The molecule has 3 aliphatic heterocycles. The molecule has 31 heavy (non-hydrogen) atoms. The Hall–Kier alpha value is -2.90. The number of hydrogen-bond donors (Lipinski definition) is 1. The van der Waals surface area contributed by atoms with E-state index in [0.29, 0.717) is 18.7 Å². The Bertz CT molecular complexity index is 1050. The molecule has 1 N–H and O–H groups in total. The lowest BCUT2D eigenvalue weighted by Gasteiger charge is -2.42. The average Bonchev–Trinajstić information content (AvgIpc) is 3.17. The van der Waals surface area contributed by atoms with Crippen molar-refractivity contribution >= 4 is 11.8 Å². The van der Waals surface area contributed by atoms with E-state index in [-0.39, 0.29) is 23.1 Å². The van der Waals surface area contributed by atoms with Crippen LogP contribution in [0, 0.1) is 5.92 Å². The average molecular weight is 432 g/mol. The maximum atomic E-state index is 13.9. The van der Waals surface area contributed by atoms with Gasteiger partial charge in [0.05, 0.1) is 12.7 Å². The van der Waals surface area contributed by atoms with Gasteiger partial charge in [-0.25, -0.2) is 4.79 Å². The number of alkyl halides is 3. The molecule has 3 aliphatic rings. The molecule has 0 spiro atoms. The normalized spacial score (nSPS) is 22.2. The van der Waals surface area contributed by atoms with Crippen molar-refractivity contribution < 1.29 is 27.8 Å². The van der Waals surface area contributed by atoms with E-state index in [1.165, 1.54) is 18.1 Å². The van der Waals surface area contributed by atoms with Gasteiger partial charge >= 0.3 is 12.3 Å². The first-order valence-electron chi connectivity index (χ1n) is 10.4. The van der Waals surface area contributed by atoms with E-state index in [9.17, 15) is 23.1 Å². The summed E-state index contributed by atoms with van der Waals surface area (Å²) in [7, 11) is 1.35. The van der Waals surface area contributed by atoms with Gasteiger partial charge in [-0.05, 0) is 59.4 Å². The molecular formula is C23H23F3N2O3. The summed E-state index contributed by atoms with van der Waals surface area (Å²) in [6.07, 6.45) is -3.71. The molecule has 0 bridgehead atoms. The van der Waals surface area contributed by atoms with Gasteiger partial charge in [-0.15, -0.1) is 0 Å². The first-order chi connectivity index (χ1) is 14.8. The molecule has 2 unspecified atom stereocenters. The van der Waals surface area contributed by atoms with Crippen LogP contribution in [0.25, 0.3) is 11.1 Å². The van der Waals surface area contributed by atoms with Crippen LogP contribution in [0.5, 0.6) is 5.75 Å². The van der Waals surface area contributed by atoms with E-state index < -0.39 is 17.8 Å². The molecule has 1 fully saturated rings. The van der Waals surface area contributed by atoms with Gasteiger partial charge in [0.15, 0.2) is 0 Å². The van der Waals surface area contributed by atoms with Gasteiger partial charge in [-0.2, -0.15) is 13.2 Å². The van der Waals surface area contributed by atoms with E-state index >= 15 is 0 Å². The fourth-order valence-corrected chi connectivity index (χ4v) is 5.47. The van der Waals surface area contributed by atoms with E-state index in [0.717, 1.165) is 48.8 Å². The Morgan fingerprint density at radius 1 is 1.16 bits per heavy atom. The zero-order valence-corrected chi connectivity index (χ0v) is 17.1. The number of likely N-dealkylation sites (tertiary alicyclic amines) is 1. The number of benzene rings is 2. The fraction of sp³-hybridized carbons (Fsp3) is 0.435. The van der Waals surface area contributed by atoms with Crippen molar-refractivity contribution in [3.05, 3.63) is 47.0 Å². The van der Waals surface area contributed by atoms with Crippen molar-refractivity contribution in [1.29, 1.82) is 0 Å². The highest BCUT2D eigenvalue weighted by molar-refractivity contribution is 5.77. The predicted molar refractivity (Wildman–Crippen MR) is 110 cm³/mol. The van der Waals surface area contributed by atoms with Crippen LogP contribution in [0.15, 0.2) is 30.3 Å². The molecule has 3 heterocycles. The number of hydrogen-bond acceptors (Lipinski definition) is 3. The number of carboxylic acid groups (broad SMARTS) is 1. The number of ether oxygens (including phenoxy) is 1. The monoisotopic (exact) mass is 432 g/mol. The van der Waals surface area contributed by atoms with Crippen LogP contribution in [-0.2, 0) is 12.6 Å². The third kappa shape index (κ3) is 3.28.